The Morgan fingerprint density at radius 1 is 0.957 bits per heavy atom. The van der Waals surface area contributed by atoms with Crippen molar-refractivity contribution >= 4 is 21.8 Å². The van der Waals surface area contributed by atoms with Crippen LogP contribution in [0.2, 0.25) is 0 Å². The molecule has 4 nitrogen and oxygen atoms in total. The predicted molar refractivity (Wildman–Crippen MR) is 91.8 cm³/mol. The summed E-state index contributed by atoms with van der Waals surface area (Å²) < 4.78 is 7.65. The van der Waals surface area contributed by atoms with Crippen LogP contribution in [0, 0.1) is 0 Å². The fourth-order valence-corrected chi connectivity index (χ4v) is 3.67. The van der Waals surface area contributed by atoms with Crippen LogP contribution in [-0.2, 0) is 11.3 Å². The standard InChI is InChI=1S/C19H22N2O2/c22-15(13-20-9-11-23-12-10-20)14-21-18-7-3-1-5-16(18)17-6-2-4-8-19(17)21/h1-8,15,22H,9-14H2/p+1/t15-/m0/s1. The van der Waals surface area contributed by atoms with Gasteiger partial charge in [-0.2, -0.15) is 0 Å². The summed E-state index contributed by atoms with van der Waals surface area (Å²) in [6, 6.07) is 16.9. The SMILES string of the molecule is O[C@H](Cn1c2ccccc2c2ccccc21)C[NH+]1CCOCC1. The minimum Gasteiger partial charge on any atom is -0.385 e. The molecular weight excluding hydrogens is 288 g/mol. The van der Waals surface area contributed by atoms with E-state index in [0.29, 0.717) is 6.54 Å². The molecule has 1 atom stereocenters. The van der Waals surface area contributed by atoms with Gasteiger partial charge in [-0.25, -0.2) is 0 Å². The lowest BCUT2D eigenvalue weighted by Gasteiger charge is -2.26. The summed E-state index contributed by atoms with van der Waals surface area (Å²) in [6.45, 7) is 5.01. The number of aliphatic hydroxyl groups excluding tert-OH is 1. The zero-order chi connectivity index (χ0) is 15.6. The predicted octanol–water partition coefficient (Wildman–Crippen LogP) is 1.07. The molecule has 2 heterocycles. The highest BCUT2D eigenvalue weighted by atomic mass is 16.5. The normalized spacial score (nSPS) is 17.8. The smallest absolute Gasteiger partial charge is 0.121 e. The molecular formula is C19H23N2O2+. The first-order valence-electron chi connectivity index (χ1n) is 8.38. The quantitative estimate of drug-likeness (QED) is 0.756. The molecule has 3 aromatic rings. The number of ether oxygens (including phenoxy) is 1. The van der Waals surface area contributed by atoms with E-state index in [1.165, 1.54) is 26.7 Å². The van der Waals surface area contributed by atoms with Gasteiger partial charge in [-0.05, 0) is 12.1 Å². The van der Waals surface area contributed by atoms with Gasteiger partial charge in [0, 0.05) is 21.8 Å². The first-order chi connectivity index (χ1) is 11.3. The Hall–Kier alpha value is -1.88. The number of nitrogens with one attached hydrogen (secondary N) is 1. The first-order valence-corrected chi connectivity index (χ1v) is 8.38. The molecule has 23 heavy (non-hydrogen) atoms. The van der Waals surface area contributed by atoms with Gasteiger partial charge in [-0.15, -0.1) is 0 Å². The van der Waals surface area contributed by atoms with E-state index in [9.17, 15) is 5.11 Å². The molecule has 0 aliphatic carbocycles. The second-order valence-electron chi connectivity index (χ2n) is 6.37. The molecule has 0 saturated carbocycles. The van der Waals surface area contributed by atoms with Gasteiger partial charge >= 0.3 is 0 Å². The highest BCUT2D eigenvalue weighted by molar-refractivity contribution is 6.07. The third kappa shape index (κ3) is 2.85. The molecule has 1 aliphatic heterocycles. The van der Waals surface area contributed by atoms with Crippen molar-refractivity contribution < 1.29 is 14.7 Å². The van der Waals surface area contributed by atoms with Crippen LogP contribution in [0.5, 0.6) is 0 Å². The van der Waals surface area contributed by atoms with Crippen LogP contribution in [0.3, 0.4) is 0 Å². The summed E-state index contributed by atoms with van der Waals surface area (Å²) in [4.78, 5) is 1.43. The lowest BCUT2D eigenvalue weighted by atomic mass is 10.2. The van der Waals surface area contributed by atoms with Crippen molar-refractivity contribution in [2.75, 3.05) is 32.8 Å². The second-order valence-corrected chi connectivity index (χ2v) is 6.37. The number of nitrogens with zero attached hydrogens (tertiary/aromatic N) is 1. The van der Waals surface area contributed by atoms with Crippen LogP contribution in [0.1, 0.15) is 0 Å². The molecule has 1 aromatic heterocycles. The topological polar surface area (TPSA) is 38.8 Å². The maximum absolute atomic E-state index is 10.6. The molecule has 1 fully saturated rings. The van der Waals surface area contributed by atoms with E-state index in [1.807, 2.05) is 0 Å². The Morgan fingerprint density at radius 2 is 1.52 bits per heavy atom. The zero-order valence-corrected chi connectivity index (χ0v) is 13.2. The van der Waals surface area contributed by atoms with Gasteiger partial charge in [-0.1, -0.05) is 36.4 Å². The van der Waals surface area contributed by atoms with Crippen LogP contribution in [0.15, 0.2) is 48.5 Å². The third-order valence-electron chi connectivity index (χ3n) is 4.80. The monoisotopic (exact) mass is 311 g/mol. The van der Waals surface area contributed by atoms with Crippen molar-refractivity contribution in [3.63, 3.8) is 0 Å². The van der Waals surface area contributed by atoms with Crippen molar-refractivity contribution in [1.82, 2.24) is 4.57 Å². The fraction of sp³-hybridized carbons (Fsp3) is 0.368. The summed E-state index contributed by atoms with van der Waals surface area (Å²) in [5.74, 6) is 0. The average Bonchev–Trinajstić information content (AvgIpc) is 2.90. The number of aromatic nitrogens is 1. The van der Waals surface area contributed by atoms with Crippen molar-refractivity contribution in [2.24, 2.45) is 0 Å². The van der Waals surface area contributed by atoms with Gasteiger partial charge in [0.25, 0.3) is 0 Å². The Bertz CT molecular complexity index is 752. The Labute approximate surface area is 135 Å². The van der Waals surface area contributed by atoms with E-state index < -0.39 is 0 Å². The van der Waals surface area contributed by atoms with E-state index in [1.54, 1.807) is 0 Å². The van der Waals surface area contributed by atoms with Crippen molar-refractivity contribution in [3.8, 4) is 0 Å². The summed E-state index contributed by atoms with van der Waals surface area (Å²) >= 11 is 0. The summed E-state index contributed by atoms with van der Waals surface area (Å²) in [6.07, 6.45) is -0.345. The molecule has 0 amide bonds. The number of fused-ring (bicyclic) bond motifs is 3. The summed E-state index contributed by atoms with van der Waals surface area (Å²) in [7, 11) is 0. The average molecular weight is 311 g/mol. The van der Waals surface area contributed by atoms with Gasteiger partial charge < -0.3 is 19.3 Å². The van der Waals surface area contributed by atoms with Gasteiger partial charge in [0.05, 0.1) is 19.8 Å². The lowest BCUT2D eigenvalue weighted by molar-refractivity contribution is -0.911. The number of aliphatic hydroxyl groups is 1. The minimum atomic E-state index is -0.345. The highest BCUT2D eigenvalue weighted by Crippen LogP contribution is 2.28. The van der Waals surface area contributed by atoms with Gasteiger partial charge in [0.2, 0.25) is 0 Å². The Balaban J connectivity index is 1.64. The number of para-hydroxylation sites is 2. The number of quaternary nitrogens is 1. The fourth-order valence-electron chi connectivity index (χ4n) is 3.67. The van der Waals surface area contributed by atoms with Crippen LogP contribution in [0.25, 0.3) is 21.8 Å². The molecule has 1 aliphatic rings. The van der Waals surface area contributed by atoms with Gasteiger partial charge in [0.1, 0.15) is 25.7 Å². The molecule has 0 unspecified atom stereocenters. The van der Waals surface area contributed by atoms with E-state index in [2.05, 4.69) is 53.1 Å². The lowest BCUT2D eigenvalue weighted by Crippen LogP contribution is -3.15. The molecule has 0 spiro atoms. The minimum absolute atomic E-state index is 0.345. The summed E-state index contributed by atoms with van der Waals surface area (Å²) in [5.41, 5.74) is 2.40. The second kappa shape index (κ2) is 6.32. The number of hydrogen-bond acceptors (Lipinski definition) is 2. The van der Waals surface area contributed by atoms with E-state index in [-0.39, 0.29) is 6.10 Å². The molecule has 2 aromatic carbocycles. The van der Waals surface area contributed by atoms with Crippen LogP contribution in [0.4, 0.5) is 0 Å². The van der Waals surface area contributed by atoms with E-state index in [0.717, 1.165) is 32.8 Å². The van der Waals surface area contributed by atoms with E-state index in [4.69, 9.17) is 4.74 Å². The number of morpholine rings is 1. The van der Waals surface area contributed by atoms with Crippen molar-refractivity contribution in [1.29, 1.82) is 0 Å². The molecule has 0 bridgehead atoms. The molecule has 2 N–H and O–H groups in total. The maximum atomic E-state index is 10.6. The molecule has 120 valence electrons. The van der Waals surface area contributed by atoms with Gasteiger partial charge in [0.15, 0.2) is 0 Å². The first kappa shape index (κ1) is 14.7. The molecule has 1 saturated heterocycles. The van der Waals surface area contributed by atoms with Gasteiger partial charge in [-0.3, -0.25) is 0 Å². The summed E-state index contributed by atoms with van der Waals surface area (Å²) in [5, 5.41) is 13.1. The maximum Gasteiger partial charge on any atom is 0.121 e. The van der Waals surface area contributed by atoms with Crippen LogP contribution in [-0.4, -0.2) is 48.6 Å². The molecule has 4 heteroatoms. The number of hydrogen-bond donors (Lipinski definition) is 2. The Morgan fingerprint density at radius 3 is 2.13 bits per heavy atom. The van der Waals surface area contributed by atoms with E-state index >= 15 is 0 Å². The molecule has 4 rings (SSSR count). The highest BCUT2D eigenvalue weighted by Gasteiger charge is 2.20. The number of rotatable bonds is 4. The van der Waals surface area contributed by atoms with Crippen molar-refractivity contribution in [3.05, 3.63) is 48.5 Å². The zero-order valence-electron chi connectivity index (χ0n) is 13.2. The van der Waals surface area contributed by atoms with Crippen LogP contribution < -0.4 is 4.90 Å². The third-order valence-corrected chi connectivity index (χ3v) is 4.80. The van der Waals surface area contributed by atoms with Crippen molar-refractivity contribution in [2.45, 2.75) is 12.6 Å². The number of benzene rings is 2. The van der Waals surface area contributed by atoms with Crippen LogP contribution >= 0.6 is 0 Å². The molecule has 0 radical (unpaired) electrons. The largest absolute Gasteiger partial charge is 0.385 e. The Kier molecular flexibility index (Phi) is 4.04.